The summed E-state index contributed by atoms with van der Waals surface area (Å²) in [4.78, 5) is 24.9. The summed E-state index contributed by atoms with van der Waals surface area (Å²) in [5.41, 5.74) is 0. The fourth-order valence-electron chi connectivity index (χ4n) is 5.69. The van der Waals surface area contributed by atoms with Crippen molar-refractivity contribution < 1.29 is 31.7 Å². The van der Waals surface area contributed by atoms with Crippen LogP contribution in [-0.2, 0) is 33.4 Å². The van der Waals surface area contributed by atoms with Gasteiger partial charge in [0.05, 0.1) is 26.1 Å². The van der Waals surface area contributed by atoms with Crippen molar-refractivity contribution >= 4 is 22.1 Å². The Hall–Kier alpha value is -2.19. The minimum Gasteiger partial charge on any atom is -0.465 e. The molecule has 0 saturated heterocycles. The second-order valence-corrected chi connectivity index (χ2v) is 15.9. The predicted octanol–water partition coefficient (Wildman–Crippen LogP) is 12.5. The van der Waals surface area contributed by atoms with E-state index in [-0.39, 0.29) is 37.7 Å². The maximum absolute atomic E-state index is 12.4. The standard InChI is InChI=1S/C44H78O7S/c1-4-6-8-10-12-14-16-18-20-22-24-26-28-30-32-37-43(45)49-40-42(36-34-35-39-51-52(3,47)48)41-50-44(46)38-33-31-29-27-25-23-21-19-17-15-13-11-9-7-5-2/h12-15,18-21,42H,4-11,16-17,22-41H2,1-3H3/b14-12-,15-13-,20-18-,21-19-. The molecule has 0 atom stereocenters. The Morgan fingerprint density at radius 1 is 0.500 bits per heavy atom. The van der Waals surface area contributed by atoms with E-state index in [9.17, 15) is 18.0 Å². The summed E-state index contributed by atoms with van der Waals surface area (Å²) in [6, 6.07) is 0. The highest BCUT2D eigenvalue weighted by Gasteiger charge is 2.15. The smallest absolute Gasteiger partial charge is 0.305 e. The van der Waals surface area contributed by atoms with Crippen LogP contribution >= 0.6 is 0 Å². The molecule has 0 unspecified atom stereocenters. The third-order valence-corrected chi connectivity index (χ3v) is 9.52. The van der Waals surface area contributed by atoms with Crippen LogP contribution in [0.25, 0.3) is 0 Å². The van der Waals surface area contributed by atoms with Crippen molar-refractivity contribution in [3.63, 3.8) is 0 Å². The maximum atomic E-state index is 12.4. The van der Waals surface area contributed by atoms with E-state index in [1.807, 2.05) is 0 Å². The molecule has 0 aliphatic heterocycles. The zero-order valence-corrected chi connectivity index (χ0v) is 34.5. The summed E-state index contributed by atoms with van der Waals surface area (Å²) in [5, 5.41) is 0. The summed E-state index contributed by atoms with van der Waals surface area (Å²) in [6.07, 6.45) is 46.8. The SMILES string of the molecule is CCCCC/C=C\C/C=C\CCCCCCCC(=O)OCC(CCCCOS(C)(=O)=O)COC(=O)CCCCCCC/C=C\C/C=C\CCCCC. The van der Waals surface area contributed by atoms with Gasteiger partial charge in [0.1, 0.15) is 0 Å². The first-order chi connectivity index (χ1) is 25.3. The largest absolute Gasteiger partial charge is 0.465 e. The van der Waals surface area contributed by atoms with Gasteiger partial charge in [-0.05, 0) is 89.9 Å². The van der Waals surface area contributed by atoms with Crippen LogP contribution in [0.2, 0.25) is 0 Å². The Morgan fingerprint density at radius 3 is 1.29 bits per heavy atom. The third-order valence-electron chi connectivity index (χ3n) is 8.93. The van der Waals surface area contributed by atoms with Gasteiger partial charge in [0, 0.05) is 18.8 Å². The average Bonchev–Trinajstić information content (AvgIpc) is 3.11. The fourth-order valence-corrected chi connectivity index (χ4v) is 6.11. The van der Waals surface area contributed by atoms with Gasteiger partial charge < -0.3 is 9.47 Å². The molecular weight excluding hydrogens is 673 g/mol. The van der Waals surface area contributed by atoms with Crippen LogP contribution in [0.4, 0.5) is 0 Å². The first-order valence-electron chi connectivity index (χ1n) is 21.0. The summed E-state index contributed by atoms with van der Waals surface area (Å²) in [6.45, 7) is 4.97. The van der Waals surface area contributed by atoms with Gasteiger partial charge in [-0.15, -0.1) is 0 Å². The number of carbonyl (C=O) groups excluding carboxylic acids is 2. The van der Waals surface area contributed by atoms with Crippen molar-refractivity contribution in [2.45, 2.75) is 187 Å². The summed E-state index contributed by atoms with van der Waals surface area (Å²) in [5.74, 6) is -0.555. The minimum atomic E-state index is -3.47. The lowest BCUT2D eigenvalue weighted by molar-refractivity contribution is -0.149. The zero-order valence-electron chi connectivity index (χ0n) is 33.7. The van der Waals surface area contributed by atoms with Crippen LogP contribution in [0, 0.1) is 5.92 Å². The Bertz CT molecular complexity index is 983. The highest BCUT2D eigenvalue weighted by atomic mass is 32.2. The molecule has 0 radical (unpaired) electrons. The van der Waals surface area contributed by atoms with Gasteiger partial charge in [0.2, 0.25) is 0 Å². The van der Waals surface area contributed by atoms with Crippen molar-refractivity contribution in [2.24, 2.45) is 5.92 Å². The van der Waals surface area contributed by atoms with Crippen LogP contribution in [0.15, 0.2) is 48.6 Å². The lowest BCUT2D eigenvalue weighted by atomic mass is 10.0. The normalized spacial score (nSPS) is 12.4. The van der Waals surface area contributed by atoms with E-state index >= 15 is 0 Å². The first kappa shape index (κ1) is 49.8. The van der Waals surface area contributed by atoms with Gasteiger partial charge in [-0.3, -0.25) is 13.8 Å². The predicted molar refractivity (Wildman–Crippen MR) is 219 cm³/mol. The number of esters is 2. The molecule has 0 fully saturated rings. The lowest BCUT2D eigenvalue weighted by Crippen LogP contribution is -2.21. The van der Waals surface area contributed by atoms with Crippen LogP contribution in [0.5, 0.6) is 0 Å². The number of hydrogen-bond donors (Lipinski definition) is 0. The molecule has 0 amide bonds. The molecule has 302 valence electrons. The molecule has 0 aliphatic carbocycles. The molecule has 7 nitrogen and oxygen atoms in total. The van der Waals surface area contributed by atoms with Gasteiger partial charge in [0.25, 0.3) is 10.1 Å². The fraction of sp³-hybridized carbons (Fsp3) is 0.773. The first-order valence-corrected chi connectivity index (χ1v) is 22.9. The topological polar surface area (TPSA) is 96.0 Å². The highest BCUT2D eigenvalue weighted by molar-refractivity contribution is 7.85. The molecule has 0 aromatic rings. The maximum Gasteiger partial charge on any atom is 0.305 e. The third kappa shape index (κ3) is 40.6. The quantitative estimate of drug-likeness (QED) is 0.0268. The molecule has 0 spiro atoms. The van der Waals surface area contributed by atoms with Gasteiger partial charge >= 0.3 is 11.9 Å². The molecule has 52 heavy (non-hydrogen) atoms. The van der Waals surface area contributed by atoms with Crippen LogP contribution in [-0.4, -0.2) is 46.4 Å². The Labute approximate surface area is 320 Å². The molecule has 0 rings (SSSR count). The van der Waals surface area contributed by atoms with Crippen LogP contribution < -0.4 is 0 Å². The number of ether oxygens (including phenoxy) is 2. The lowest BCUT2D eigenvalue weighted by Gasteiger charge is -2.17. The molecule has 0 bridgehead atoms. The number of rotatable bonds is 38. The summed E-state index contributed by atoms with van der Waals surface area (Å²) in [7, 11) is -3.47. The average molecular weight is 751 g/mol. The number of carbonyl (C=O) groups is 2. The van der Waals surface area contributed by atoms with E-state index < -0.39 is 10.1 Å². The van der Waals surface area contributed by atoms with Crippen molar-refractivity contribution in [1.29, 1.82) is 0 Å². The van der Waals surface area contributed by atoms with E-state index in [1.54, 1.807) is 0 Å². The van der Waals surface area contributed by atoms with Crippen LogP contribution in [0.1, 0.15) is 187 Å². The molecule has 0 saturated carbocycles. The van der Waals surface area contributed by atoms with E-state index in [2.05, 4.69) is 62.5 Å². The molecule has 0 N–H and O–H groups in total. The van der Waals surface area contributed by atoms with Gasteiger partial charge in [-0.2, -0.15) is 8.42 Å². The van der Waals surface area contributed by atoms with E-state index in [0.717, 1.165) is 83.3 Å². The molecule has 8 heteroatoms. The second-order valence-electron chi connectivity index (χ2n) is 14.2. The molecular formula is C44H78O7S. The van der Waals surface area contributed by atoms with Crippen molar-refractivity contribution in [2.75, 3.05) is 26.1 Å². The van der Waals surface area contributed by atoms with E-state index in [0.29, 0.717) is 32.1 Å². The molecule has 0 heterocycles. The van der Waals surface area contributed by atoms with Gasteiger partial charge in [-0.1, -0.05) is 133 Å². The van der Waals surface area contributed by atoms with E-state index in [4.69, 9.17) is 13.7 Å². The van der Waals surface area contributed by atoms with Crippen molar-refractivity contribution in [3.05, 3.63) is 48.6 Å². The summed E-state index contributed by atoms with van der Waals surface area (Å²) >= 11 is 0. The minimum absolute atomic E-state index is 0.116. The number of unbranched alkanes of at least 4 members (excludes halogenated alkanes) is 17. The Morgan fingerprint density at radius 2 is 0.885 bits per heavy atom. The summed E-state index contributed by atoms with van der Waals surface area (Å²) < 4.78 is 38.5. The number of allylic oxidation sites excluding steroid dienone is 8. The van der Waals surface area contributed by atoms with Crippen LogP contribution in [0.3, 0.4) is 0 Å². The Kier molecular flexibility index (Phi) is 36.9. The molecule has 0 aromatic carbocycles. The van der Waals surface area contributed by atoms with Gasteiger partial charge in [0.15, 0.2) is 0 Å². The second kappa shape index (κ2) is 38.5. The highest BCUT2D eigenvalue weighted by Crippen LogP contribution is 2.15. The molecule has 0 aliphatic rings. The zero-order chi connectivity index (χ0) is 38.2. The van der Waals surface area contributed by atoms with Crippen molar-refractivity contribution in [3.8, 4) is 0 Å². The monoisotopic (exact) mass is 751 g/mol. The Balaban J connectivity index is 4.16. The number of hydrogen-bond acceptors (Lipinski definition) is 7. The molecule has 0 aromatic heterocycles. The van der Waals surface area contributed by atoms with Crippen molar-refractivity contribution in [1.82, 2.24) is 0 Å². The van der Waals surface area contributed by atoms with E-state index in [1.165, 1.54) is 64.2 Å². The van der Waals surface area contributed by atoms with Gasteiger partial charge in [-0.25, -0.2) is 0 Å².